The molecule has 6 nitrogen and oxygen atoms in total. The van der Waals surface area contributed by atoms with Gasteiger partial charge in [-0.1, -0.05) is 20.8 Å². The van der Waals surface area contributed by atoms with Crippen LogP contribution in [0.15, 0.2) is 17.3 Å². The molecule has 1 rings (SSSR count). The lowest BCUT2D eigenvalue weighted by Crippen LogP contribution is -2.32. The quantitative estimate of drug-likeness (QED) is 0.796. The summed E-state index contributed by atoms with van der Waals surface area (Å²) in [6.07, 6.45) is 3.35. The number of nitrogens with one attached hydrogen (secondary N) is 1. The van der Waals surface area contributed by atoms with Gasteiger partial charge in [-0.15, -0.1) is 0 Å². The van der Waals surface area contributed by atoms with Crippen LogP contribution < -0.4 is 4.72 Å². The summed E-state index contributed by atoms with van der Waals surface area (Å²) in [5, 5.41) is 12.6. The molecule has 2 N–H and O–H groups in total. The predicted molar refractivity (Wildman–Crippen MR) is 68.6 cm³/mol. The second kappa shape index (κ2) is 5.81. The van der Waals surface area contributed by atoms with Gasteiger partial charge in [-0.3, -0.25) is 4.68 Å². The zero-order chi connectivity index (χ0) is 13.8. The van der Waals surface area contributed by atoms with Crippen molar-refractivity contribution in [3.05, 3.63) is 12.4 Å². The number of nitrogens with zero attached hydrogens (tertiary/aromatic N) is 2. The number of rotatable bonds is 6. The summed E-state index contributed by atoms with van der Waals surface area (Å²) in [5.41, 5.74) is -0.111. The molecule has 104 valence electrons. The van der Waals surface area contributed by atoms with Crippen molar-refractivity contribution < 1.29 is 13.5 Å². The standard InChI is InChI=1S/C11H21N3O3S/c1-11(2,3)9-13-18(16,17)10-7-12-14(8-10)5-4-6-15/h7-8,13,15H,4-6,9H2,1-3H3. The van der Waals surface area contributed by atoms with Gasteiger partial charge < -0.3 is 5.11 Å². The van der Waals surface area contributed by atoms with E-state index in [9.17, 15) is 8.42 Å². The highest BCUT2D eigenvalue weighted by Gasteiger charge is 2.19. The Morgan fingerprint density at radius 1 is 1.44 bits per heavy atom. The molecule has 0 saturated carbocycles. The first-order valence-corrected chi connectivity index (χ1v) is 7.36. The highest BCUT2D eigenvalue weighted by molar-refractivity contribution is 7.89. The van der Waals surface area contributed by atoms with E-state index < -0.39 is 10.0 Å². The van der Waals surface area contributed by atoms with Gasteiger partial charge in [0, 0.05) is 25.9 Å². The molecule has 1 aromatic heterocycles. The van der Waals surface area contributed by atoms with E-state index in [1.165, 1.54) is 17.1 Å². The van der Waals surface area contributed by atoms with E-state index in [1.807, 2.05) is 20.8 Å². The molecule has 7 heteroatoms. The lowest BCUT2D eigenvalue weighted by Gasteiger charge is -2.18. The molecule has 18 heavy (non-hydrogen) atoms. The molecular weight excluding hydrogens is 254 g/mol. The molecule has 0 radical (unpaired) electrons. The summed E-state index contributed by atoms with van der Waals surface area (Å²) < 4.78 is 28.0. The van der Waals surface area contributed by atoms with Crippen LogP contribution in [0.2, 0.25) is 0 Å². The average molecular weight is 275 g/mol. The van der Waals surface area contributed by atoms with Crippen molar-refractivity contribution in [2.75, 3.05) is 13.2 Å². The summed E-state index contributed by atoms with van der Waals surface area (Å²) in [6.45, 7) is 6.81. The fourth-order valence-electron chi connectivity index (χ4n) is 1.23. The Kier molecular flexibility index (Phi) is 4.89. The summed E-state index contributed by atoms with van der Waals surface area (Å²) in [4.78, 5) is 0.157. The molecule has 0 bridgehead atoms. The third-order valence-electron chi connectivity index (χ3n) is 2.26. The minimum atomic E-state index is -3.49. The second-order valence-electron chi connectivity index (χ2n) is 5.40. The van der Waals surface area contributed by atoms with Gasteiger partial charge in [0.1, 0.15) is 4.90 Å². The van der Waals surface area contributed by atoms with Crippen molar-refractivity contribution in [3.63, 3.8) is 0 Å². The molecular formula is C11H21N3O3S. The van der Waals surface area contributed by atoms with Crippen LogP contribution in [0.4, 0.5) is 0 Å². The molecule has 0 aromatic carbocycles. The van der Waals surface area contributed by atoms with Gasteiger partial charge in [0.2, 0.25) is 10.0 Å². The van der Waals surface area contributed by atoms with Crippen LogP contribution in [0.5, 0.6) is 0 Å². The molecule has 0 aliphatic heterocycles. The Morgan fingerprint density at radius 2 is 2.11 bits per heavy atom. The molecule has 1 heterocycles. The molecule has 0 aliphatic rings. The van der Waals surface area contributed by atoms with E-state index in [2.05, 4.69) is 9.82 Å². The number of aliphatic hydroxyl groups excluding tert-OH is 1. The summed E-state index contributed by atoms with van der Waals surface area (Å²) in [7, 11) is -3.49. The van der Waals surface area contributed by atoms with Gasteiger partial charge >= 0.3 is 0 Å². The van der Waals surface area contributed by atoms with E-state index in [0.29, 0.717) is 19.5 Å². The van der Waals surface area contributed by atoms with Crippen molar-refractivity contribution in [3.8, 4) is 0 Å². The Bertz CT molecular complexity index is 474. The van der Waals surface area contributed by atoms with Gasteiger partial charge in [0.25, 0.3) is 0 Å². The van der Waals surface area contributed by atoms with Gasteiger partial charge in [-0.05, 0) is 11.8 Å². The predicted octanol–water partition coefficient (Wildman–Crippen LogP) is 0.590. The minimum absolute atomic E-state index is 0.0597. The van der Waals surface area contributed by atoms with Crippen LogP contribution in [0, 0.1) is 5.41 Å². The number of aryl methyl sites for hydroxylation is 1. The third-order valence-corrected chi connectivity index (χ3v) is 3.61. The van der Waals surface area contributed by atoms with Crippen molar-refractivity contribution in [2.45, 2.75) is 38.6 Å². The maximum absolute atomic E-state index is 12.0. The maximum atomic E-state index is 12.0. The van der Waals surface area contributed by atoms with Crippen LogP contribution in [-0.4, -0.2) is 36.5 Å². The van der Waals surface area contributed by atoms with E-state index >= 15 is 0 Å². The van der Waals surface area contributed by atoms with Gasteiger partial charge in [0.15, 0.2) is 0 Å². The van der Waals surface area contributed by atoms with E-state index in [0.717, 1.165) is 0 Å². The lowest BCUT2D eigenvalue weighted by molar-refractivity contribution is 0.277. The van der Waals surface area contributed by atoms with Crippen LogP contribution in [0.3, 0.4) is 0 Å². The Hall–Kier alpha value is -0.920. The highest BCUT2D eigenvalue weighted by Crippen LogP contribution is 2.13. The Labute approximate surface area is 108 Å². The normalized spacial score (nSPS) is 12.9. The number of hydrogen-bond donors (Lipinski definition) is 2. The molecule has 1 aromatic rings. The van der Waals surface area contributed by atoms with Crippen molar-refractivity contribution in [1.29, 1.82) is 0 Å². The van der Waals surface area contributed by atoms with Crippen molar-refractivity contribution >= 4 is 10.0 Å². The second-order valence-corrected chi connectivity index (χ2v) is 7.17. The largest absolute Gasteiger partial charge is 0.396 e. The molecule has 0 spiro atoms. The number of aromatic nitrogens is 2. The molecule has 0 fully saturated rings. The van der Waals surface area contributed by atoms with Gasteiger partial charge in [-0.25, -0.2) is 13.1 Å². The smallest absolute Gasteiger partial charge is 0.243 e. The molecule has 0 aliphatic carbocycles. The van der Waals surface area contributed by atoms with Crippen molar-refractivity contribution in [1.82, 2.24) is 14.5 Å². The third kappa shape index (κ3) is 4.75. The first-order chi connectivity index (χ1) is 8.24. The number of sulfonamides is 1. The molecule has 0 unspecified atom stereocenters. The molecule has 0 saturated heterocycles. The number of hydrogen-bond acceptors (Lipinski definition) is 4. The Morgan fingerprint density at radius 3 is 2.67 bits per heavy atom. The first-order valence-electron chi connectivity index (χ1n) is 5.87. The molecule has 0 atom stereocenters. The van der Waals surface area contributed by atoms with E-state index in [4.69, 9.17) is 5.11 Å². The summed E-state index contributed by atoms with van der Waals surface area (Å²) in [6, 6.07) is 0. The SMILES string of the molecule is CC(C)(C)CNS(=O)(=O)c1cnn(CCCO)c1. The van der Waals surface area contributed by atoms with Crippen LogP contribution in [0.25, 0.3) is 0 Å². The van der Waals surface area contributed by atoms with Crippen molar-refractivity contribution in [2.24, 2.45) is 5.41 Å². The van der Waals surface area contributed by atoms with Crippen LogP contribution in [0.1, 0.15) is 27.2 Å². The zero-order valence-electron chi connectivity index (χ0n) is 11.0. The lowest BCUT2D eigenvalue weighted by atomic mass is 9.98. The number of aliphatic hydroxyl groups is 1. The van der Waals surface area contributed by atoms with E-state index in [1.54, 1.807) is 0 Å². The van der Waals surface area contributed by atoms with Crippen LogP contribution >= 0.6 is 0 Å². The average Bonchev–Trinajstić information content (AvgIpc) is 2.72. The van der Waals surface area contributed by atoms with Crippen LogP contribution in [-0.2, 0) is 16.6 Å². The monoisotopic (exact) mass is 275 g/mol. The Balaban J connectivity index is 2.70. The summed E-state index contributed by atoms with van der Waals surface area (Å²) in [5.74, 6) is 0. The van der Waals surface area contributed by atoms with Gasteiger partial charge in [-0.2, -0.15) is 5.10 Å². The topological polar surface area (TPSA) is 84.2 Å². The summed E-state index contributed by atoms with van der Waals surface area (Å²) >= 11 is 0. The maximum Gasteiger partial charge on any atom is 0.243 e. The first kappa shape index (κ1) is 15.1. The fourth-order valence-corrected chi connectivity index (χ4v) is 2.47. The highest BCUT2D eigenvalue weighted by atomic mass is 32.2. The molecule has 0 amide bonds. The van der Waals surface area contributed by atoms with E-state index in [-0.39, 0.29) is 16.9 Å². The zero-order valence-corrected chi connectivity index (χ0v) is 11.9. The minimum Gasteiger partial charge on any atom is -0.396 e. The van der Waals surface area contributed by atoms with Gasteiger partial charge in [0.05, 0.1) is 6.20 Å². The fraction of sp³-hybridized carbons (Fsp3) is 0.727.